The SMILES string of the molecule is CCCCCCCOC(=O)C[N+](C)(C)CCCN(CCC[N+](C)(C)CC(=O)OCCCCCCC)CCC[N+](C)(C)CC(=O)OCCCCCCC. The third kappa shape index (κ3) is 31.7. The quantitative estimate of drug-likeness (QED) is 0.0290. The van der Waals surface area contributed by atoms with E-state index in [1.54, 1.807) is 0 Å². The molecule has 0 rings (SSSR count). The van der Waals surface area contributed by atoms with Crippen LogP contribution in [0.5, 0.6) is 0 Å². The predicted octanol–water partition coefficient (Wildman–Crippen LogP) is 7.23. The second-order valence-electron chi connectivity index (χ2n) is 17.3. The van der Waals surface area contributed by atoms with Crippen LogP contribution in [-0.4, -0.2) is 157 Å². The van der Waals surface area contributed by atoms with Crippen LogP contribution in [0.15, 0.2) is 0 Å². The Balaban J connectivity index is 4.96. The lowest BCUT2D eigenvalue weighted by molar-refractivity contribution is -0.883. The number of hydrogen-bond acceptors (Lipinski definition) is 7. The van der Waals surface area contributed by atoms with E-state index in [-0.39, 0.29) is 17.9 Å². The van der Waals surface area contributed by atoms with E-state index in [1.807, 2.05) is 0 Å². The average molecular weight is 744 g/mol. The summed E-state index contributed by atoms with van der Waals surface area (Å²) in [7, 11) is 12.7. The number of hydrogen-bond donors (Lipinski definition) is 0. The highest BCUT2D eigenvalue weighted by Crippen LogP contribution is 2.10. The summed E-state index contributed by atoms with van der Waals surface area (Å²) in [6.07, 6.45) is 20.1. The molecule has 0 aliphatic rings. The molecule has 10 heteroatoms. The molecule has 308 valence electrons. The maximum Gasteiger partial charge on any atom is 0.361 e. The lowest BCUT2D eigenvalue weighted by Gasteiger charge is -2.32. The van der Waals surface area contributed by atoms with Crippen LogP contribution >= 0.6 is 0 Å². The zero-order valence-electron chi connectivity index (χ0n) is 36.0. The summed E-state index contributed by atoms with van der Waals surface area (Å²) in [4.78, 5) is 40.2. The van der Waals surface area contributed by atoms with Gasteiger partial charge in [0.25, 0.3) is 0 Å². The fourth-order valence-electron chi connectivity index (χ4n) is 6.60. The van der Waals surface area contributed by atoms with E-state index < -0.39 is 0 Å². The Labute approximate surface area is 321 Å². The van der Waals surface area contributed by atoms with Crippen LogP contribution in [-0.2, 0) is 28.6 Å². The molecule has 0 aromatic heterocycles. The fourth-order valence-corrected chi connectivity index (χ4v) is 6.60. The van der Waals surface area contributed by atoms with E-state index in [9.17, 15) is 14.4 Å². The van der Waals surface area contributed by atoms with Crippen LogP contribution in [0.1, 0.15) is 136 Å². The highest BCUT2D eigenvalue weighted by Gasteiger charge is 2.25. The van der Waals surface area contributed by atoms with Crippen molar-refractivity contribution >= 4 is 17.9 Å². The molecule has 10 nitrogen and oxygen atoms in total. The van der Waals surface area contributed by atoms with Crippen molar-refractivity contribution in [3.8, 4) is 0 Å². The van der Waals surface area contributed by atoms with Crippen molar-refractivity contribution in [1.82, 2.24) is 4.90 Å². The van der Waals surface area contributed by atoms with Crippen LogP contribution in [0, 0.1) is 0 Å². The summed E-state index contributed by atoms with van der Waals surface area (Å²) in [5.41, 5.74) is 0. The normalized spacial score (nSPS) is 12.3. The molecule has 0 aromatic carbocycles. The minimum Gasteiger partial charge on any atom is -0.462 e. The molecule has 0 aliphatic carbocycles. The first kappa shape index (κ1) is 50.2. The lowest BCUT2D eigenvalue weighted by Crippen LogP contribution is -2.47. The average Bonchev–Trinajstić information content (AvgIpc) is 3.04. The Bertz CT molecular complexity index is 797. The van der Waals surface area contributed by atoms with Crippen molar-refractivity contribution in [3.63, 3.8) is 0 Å². The number of carbonyl (C=O) groups excluding carboxylic acids is 3. The van der Waals surface area contributed by atoms with Gasteiger partial charge in [0.2, 0.25) is 0 Å². The van der Waals surface area contributed by atoms with E-state index in [0.29, 0.717) is 52.9 Å². The van der Waals surface area contributed by atoms with Gasteiger partial charge < -0.3 is 32.6 Å². The first-order valence-corrected chi connectivity index (χ1v) is 21.3. The summed E-state index contributed by atoms with van der Waals surface area (Å²) >= 11 is 0. The van der Waals surface area contributed by atoms with Gasteiger partial charge in [-0.2, -0.15) is 0 Å². The summed E-state index contributed by atoms with van der Waals surface area (Å²) < 4.78 is 18.5. The summed E-state index contributed by atoms with van der Waals surface area (Å²) in [5.74, 6) is -0.327. The molecule has 52 heavy (non-hydrogen) atoms. The van der Waals surface area contributed by atoms with Crippen LogP contribution in [0.3, 0.4) is 0 Å². The fraction of sp³-hybridized carbons (Fsp3) is 0.929. The van der Waals surface area contributed by atoms with Gasteiger partial charge in [-0.3, -0.25) is 0 Å². The standard InChI is InChI=1S/C42H87N4O6/c1-10-13-16-19-22-34-50-40(47)37-44(4,5)31-25-28-43(29-26-32-45(6,7)38-41(48)51-35-23-20-17-14-11-2)30-27-33-46(8,9)39-42(49)52-36-24-21-18-15-12-3/h10-39H2,1-9H3/q+3. The highest BCUT2D eigenvalue weighted by atomic mass is 16.5. The van der Waals surface area contributed by atoms with Crippen LogP contribution in [0.4, 0.5) is 0 Å². The Kier molecular flexibility index (Phi) is 29.5. The van der Waals surface area contributed by atoms with Gasteiger partial charge >= 0.3 is 17.9 Å². The number of esters is 3. The molecule has 0 spiro atoms. The number of ether oxygens (including phenoxy) is 3. The van der Waals surface area contributed by atoms with Crippen molar-refractivity contribution in [2.24, 2.45) is 0 Å². The number of carbonyl (C=O) groups is 3. The topological polar surface area (TPSA) is 82.1 Å². The minimum atomic E-state index is -0.109. The number of likely N-dealkylation sites (N-methyl/N-ethyl adjacent to an activating group) is 3. The van der Waals surface area contributed by atoms with Crippen LogP contribution < -0.4 is 0 Å². The molecule has 0 aliphatic heterocycles. The lowest BCUT2D eigenvalue weighted by atomic mass is 10.2. The van der Waals surface area contributed by atoms with Gasteiger partial charge in [-0.15, -0.1) is 0 Å². The van der Waals surface area contributed by atoms with Gasteiger partial charge in [0.15, 0.2) is 19.6 Å². The van der Waals surface area contributed by atoms with Gasteiger partial charge in [0, 0.05) is 38.9 Å². The van der Waals surface area contributed by atoms with Crippen molar-refractivity contribution in [2.75, 3.05) is 121 Å². The van der Waals surface area contributed by atoms with Gasteiger partial charge in [-0.05, 0) is 19.3 Å². The number of unbranched alkanes of at least 4 members (excludes halogenated alkanes) is 12. The number of quaternary nitrogens is 3. The van der Waals surface area contributed by atoms with Crippen molar-refractivity contribution < 1.29 is 42.0 Å². The Hall–Kier alpha value is -1.75. The molecular weight excluding hydrogens is 656 g/mol. The molecule has 0 N–H and O–H groups in total. The minimum absolute atomic E-state index is 0.109. The van der Waals surface area contributed by atoms with E-state index in [4.69, 9.17) is 14.2 Å². The first-order valence-electron chi connectivity index (χ1n) is 21.3. The van der Waals surface area contributed by atoms with Crippen molar-refractivity contribution in [2.45, 2.75) is 136 Å². The Morgan fingerprint density at radius 2 is 0.635 bits per heavy atom. The van der Waals surface area contributed by atoms with Gasteiger partial charge in [-0.25, -0.2) is 14.4 Å². The maximum absolute atomic E-state index is 12.6. The maximum atomic E-state index is 12.6. The zero-order valence-corrected chi connectivity index (χ0v) is 36.0. The first-order chi connectivity index (χ1) is 24.6. The van der Waals surface area contributed by atoms with E-state index in [1.165, 1.54) is 57.8 Å². The van der Waals surface area contributed by atoms with Gasteiger partial charge in [0.1, 0.15) is 0 Å². The molecule has 0 heterocycles. The van der Waals surface area contributed by atoms with Crippen molar-refractivity contribution in [1.29, 1.82) is 0 Å². The van der Waals surface area contributed by atoms with Crippen LogP contribution in [0.25, 0.3) is 0 Å². The molecular formula is C42H87N4O6+3. The van der Waals surface area contributed by atoms with E-state index in [0.717, 1.165) is 97.1 Å². The van der Waals surface area contributed by atoms with Gasteiger partial charge in [0.05, 0.1) is 81.7 Å². The molecule has 0 saturated carbocycles. The van der Waals surface area contributed by atoms with Crippen molar-refractivity contribution in [3.05, 3.63) is 0 Å². The van der Waals surface area contributed by atoms with Gasteiger partial charge in [-0.1, -0.05) is 97.8 Å². The predicted molar refractivity (Wildman–Crippen MR) is 215 cm³/mol. The molecule has 0 atom stereocenters. The summed E-state index contributed by atoms with van der Waals surface area (Å²) in [6, 6.07) is 0. The molecule has 0 radical (unpaired) electrons. The molecule has 0 saturated heterocycles. The third-order valence-corrected chi connectivity index (χ3v) is 9.92. The molecule has 0 aromatic rings. The molecule has 0 bridgehead atoms. The Morgan fingerprint density at radius 1 is 0.385 bits per heavy atom. The van der Waals surface area contributed by atoms with Crippen LogP contribution in [0.2, 0.25) is 0 Å². The number of nitrogens with zero attached hydrogens (tertiary/aromatic N) is 4. The number of rotatable bonds is 36. The monoisotopic (exact) mass is 744 g/mol. The highest BCUT2D eigenvalue weighted by molar-refractivity contribution is 5.71. The zero-order chi connectivity index (χ0) is 39.1. The molecule has 0 fully saturated rings. The second-order valence-corrected chi connectivity index (χ2v) is 17.3. The van der Waals surface area contributed by atoms with E-state index in [2.05, 4.69) is 68.0 Å². The largest absolute Gasteiger partial charge is 0.462 e. The third-order valence-electron chi connectivity index (χ3n) is 9.92. The molecule has 0 unspecified atom stereocenters. The summed E-state index contributed by atoms with van der Waals surface area (Å²) in [5, 5.41) is 0. The summed E-state index contributed by atoms with van der Waals surface area (Å²) in [6.45, 7) is 14.8. The smallest absolute Gasteiger partial charge is 0.361 e. The van der Waals surface area contributed by atoms with E-state index >= 15 is 0 Å². The second kappa shape index (κ2) is 30.6. The Morgan fingerprint density at radius 3 is 0.885 bits per heavy atom. The molecule has 0 amide bonds.